The second-order valence-electron chi connectivity index (χ2n) is 6.56. The lowest BCUT2D eigenvalue weighted by Crippen LogP contribution is -2.44. The van der Waals surface area contributed by atoms with Crippen molar-refractivity contribution in [2.45, 2.75) is 0 Å². The van der Waals surface area contributed by atoms with Crippen LogP contribution in [0.1, 0.15) is 31.1 Å². The molecular formula is C22H13BrCl2N2O3. The summed E-state index contributed by atoms with van der Waals surface area (Å²) < 4.78 is 0.815. The molecule has 1 heterocycles. The first-order valence-corrected chi connectivity index (χ1v) is 10.4. The van der Waals surface area contributed by atoms with Gasteiger partial charge in [-0.3, -0.25) is 24.2 Å². The third-order valence-electron chi connectivity index (χ3n) is 4.70. The maximum absolute atomic E-state index is 13.3. The quantitative estimate of drug-likeness (QED) is 0.432. The highest BCUT2D eigenvalue weighted by molar-refractivity contribution is 9.10. The van der Waals surface area contributed by atoms with Crippen LogP contribution in [0.3, 0.4) is 0 Å². The first-order valence-electron chi connectivity index (χ1n) is 8.84. The Morgan fingerprint density at radius 3 is 2.07 bits per heavy atom. The van der Waals surface area contributed by atoms with Gasteiger partial charge in [-0.25, -0.2) is 0 Å². The maximum atomic E-state index is 13.3. The van der Waals surface area contributed by atoms with Crippen LogP contribution in [0.5, 0.6) is 0 Å². The fourth-order valence-electron chi connectivity index (χ4n) is 3.21. The molecule has 0 bridgehead atoms. The first kappa shape index (κ1) is 20.6. The number of halogens is 3. The van der Waals surface area contributed by atoms with Crippen LogP contribution in [0, 0.1) is 0 Å². The first-order chi connectivity index (χ1) is 14.4. The SMILES string of the molecule is O=C1c2ccccc2C(=O)N1CN(C(=O)c1ccc(Br)cc1)c1ccc(Cl)cc1Cl. The van der Waals surface area contributed by atoms with Crippen LogP contribution >= 0.6 is 39.1 Å². The van der Waals surface area contributed by atoms with Crippen LogP contribution < -0.4 is 4.90 Å². The lowest BCUT2D eigenvalue weighted by Gasteiger charge is -2.28. The number of amides is 3. The Labute approximate surface area is 190 Å². The average molecular weight is 504 g/mol. The number of imide groups is 1. The van der Waals surface area contributed by atoms with Crippen molar-refractivity contribution < 1.29 is 14.4 Å². The Balaban J connectivity index is 1.74. The molecule has 3 aromatic carbocycles. The minimum atomic E-state index is -0.464. The molecule has 0 aromatic heterocycles. The molecule has 0 spiro atoms. The number of carbonyl (C=O) groups excluding carboxylic acids is 3. The van der Waals surface area contributed by atoms with Gasteiger partial charge >= 0.3 is 0 Å². The summed E-state index contributed by atoms with van der Waals surface area (Å²) in [6.07, 6.45) is 0. The highest BCUT2D eigenvalue weighted by atomic mass is 79.9. The van der Waals surface area contributed by atoms with Gasteiger partial charge in [-0.05, 0) is 54.6 Å². The molecule has 0 saturated carbocycles. The van der Waals surface area contributed by atoms with Gasteiger partial charge in [0.1, 0.15) is 6.67 Å². The number of anilines is 1. The zero-order valence-corrected chi connectivity index (χ0v) is 18.4. The summed E-state index contributed by atoms with van der Waals surface area (Å²) in [6.45, 7) is -0.289. The number of nitrogens with zero attached hydrogens (tertiary/aromatic N) is 2. The molecule has 30 heavy (non-hydrogen) atoms. The van der Waals surface area contributed by atoms with Crippen LogP contribution in [0.2, 0.25) is 10.0 Å². The van der Waals surface area contributed by atoms with E-state index in [2.05, 4.69) is 15.9 Å². The predicted octanol–water partition coefficient (Wildman–Crippen LogP) is 5.66. The van der Waals surface area contributed by atoms with E-state index in [1.165, 1.54) is 11.0 Å². The summed E-state index contributed by atoms with van der Waals surface area (Å²) in [5.41, 5.74) is 1.33. The third kappa shape index (κ3) is 3.74. The van der Waals surface area contributed by atoms with Crippen molar-refractivity contribution >= 4 is 62.5 Å². The van der Waals surface area contributed by atoms with Crippen LogP contribution in [0.4, 0.5) is 5.69 Å². The molecule has 1 aliphatic rings. The molecule has 0 saturated heterocycles. The van der Waals surface area contributed by atoms with Crippen molar-refractivity contribution in [3.8, 4) is 0 Å². The smallest absolute Gasteiger partial charge is 0.263 e. The third-order valence-corrected chi connectivity index (χ3v) is 5.76. The summed E-state index contributed by atoms with van der Waals surface area (Å²) in [7, 11) is 0. The van der Waals surface area contributed by atoms with E-state index in [1.54, 1.807) is 60.7 Å². The van der Waals surface area contributed by atoms with Crippen molar-refractivity contribution in [1.29, 1.82) is 0 Å². The zero-order valence-electron chi connectivity index (χ0n) is 15.3. The van der Waals surface area contributed by atoms with Crippen molar-refractivity contribution in [3.05, 3.63) is 97.9 Å². The van der Waals surface area contributed by atoms with E-state index < -0.39 is 17.7 Å². The lowest BCUT2D eigenvalue weighted by molar-refractivity contribution is 0.0650. The van der Waals surface area contributed by atoms with Crippen molar-refractivity contribution in [3.63, 3.8) is 0 Å². The van der Waals surface area contributed by atoms with E-state index in [1.807, 2.05) is 0 Å². The Morgan fingerprint density at radius 1 is 0.900 bits per heavy atom. The molecule has 0 atom stereocenters. The number of rotatable bonds is 4. The summed E-state index contributed by atoms with van der Waals surface area (Å²) in [4.78, 5) is 41.3. The van der Waals surface area contributed by atoms with Crippen LogP contribution in [0.25, 0.3) is 0 Å². The van der Waals surface area contributed by atoms with E-state index in [4.69, 9.17) is 23.2 Å². The van der Waals surface area contributed by atoms with Crippen LogP contribution in [-0.2, 0) is 0 Å². The molecule has 4 rings (SSSR count). The molecule has 1 aliphatic heterocycles. The molecule has 0 N–H and O–H groups in total. The van der Waals surface area contributed by atoms with Gasteiger partial charge in [-0.2, -0.15) is 0 Å². The fraction of sp³-hybridized carbons (Fsp3) is 0.0455. The van der Waals surface area contributed by atoms with E-state index >= 15 is 0 Å². The zero-order chi connectivity index (χ0) is 21.4. The molecule has 5 nitrogen and oxygen atoms in total. The minimum absolute atomic E-state index is 0.226. The van der Waals surface area contributed by atoms with E-state index in [9.17, 15) is 14.4 Å². The second kappa shape index (κ2) is 8.22. The molecular weight excluding hydrogens is 491 g/mol. The van der Waals surface area contributed by atoms with Gasteiger partial charge in [-0.15, -0.1) is 0 Å². The molecule has 0 fully saturated rings. The highest BCUT2D eigenvalue weighted by Gasteiger charge is 2.37. The highest BCUT2D eigenvalue weighted by Crippen LogP contribution is 2.32. The topological polar surface area (TPSA) is 57.7 Å². The van der Waals surface area contributed by atoms with Crippen molar-refractivity contribution in [1.82, 2.24) is 4.90 Å². The van der Waals surface area contributed by atoms with Gasteiger partial charge in [0.05, 0.1) is 21.8 Å². The molecule has 0 unspecified atom stereocenters. The number of fused-ring (bicyclic) bond motifs is 1. The van der Waals surface area contributed by atoms with Crippen LogP contribution in [-0.4, -0.2) is 29.3 Å². The van der Waals surface area contributed by atoms with Gasteiger partial charge < -0.3 is 0 Å². The molecule has 150 valence electrons. The van der Waals surface area contributed by atoms with Crippen molar-refractivity contribution in [2.24, 2.45) is 0 Å². The summed E-state index contributed by atoms with van der Waals surface area (Å²) in [5, 5.41) is 0.630. The molecule has 0 aliphatic carbocycles. The van der Waals surface area contributed by atoms with Crippen LogP contribution in [0.15, 0.2) is 71.2 Å². The van der Waals surface area contributed by atoms with Gasteiger partial charge in [0.2, 0.25) is 0 Å². The monoisotopic (exact) mass is 502 g/mol. The maximum Gasteiger partial charge on any atom is 0.263 e. The number of hydrogen-bond donors (Lipinski definition) is 0. The molecule has 3 amide bonds. The Hall–Kier alpha value is -2.67. The van der Waals surface area contributed by atoms with E-state index in [0.29, 0.717) is 27.4 Å². The largest absolute Gasteiger partial charge is 0.288 e. The number of hydrogen-bond acceptors (Lipinski definition) is 3. The second-order valence-corrected chi connectivity index (χ2v) is 8.32. The molecule has 3 aromatic rings. The van der Waals surface area contributed by atoms with E-state index in [-0.39, 0.29) is 11.7 Å². The standard InChI is InChI=1S/C22H13BrCl2N2O3/c23-14-7-5-13(6-8-14)20(28)26(19-10-9-15(24)11-18(19)25)12-27-21(29)16-3-1-2-4-17(16)22(27)30/h1-11H,12H2. The fourth-order valence-corrected chi connectivity index (χ4v) is 3.98. The summed E-state index contributed by atoms with van der Waals surface area (Å²) in [5.74, 6) is -1.34. The van der Waals surface area contributed by atoms with Gasteiger partial charge in [-0.1, -0.05) is 51.3 Å². The number of carbonyl (C=O) groups is 3. The Morgan fingerprint density at radius 2 is 1.50 bits per heavy atom. The lowest BCUT2D eigenvalue weighted by atomic mass is 10.1. The van der Waals surface area contributed by atoms with Gasteiger partial charge in [0, 0.05) is 15.1 Å². The molecule has 0 radical (unpaired) electrons. The predicted molar refractivity (Wildman–Crippen MR) is 119 cm³/mol. The number of benzene rings is 3. The normalized spacial score (nSPS) is 12.8. The van der Waals surface area contributed by atoms with E-state index in [0.717, 1.165) is 9.37 Å². The summed E-state index contributed by atoms with van der Waals surface area (Å²) >= 11 is 15.7. The summed E-state index contributed by atoms with van der Waals surface area (Å²) in [6, 6.07) is 18.0. The van der Waals surface area contributed by atoms with Gasteiger partial charge in [0.25, 0.3) is 17.7 Å². The Kier molecular flexibility index (Phi) is 5.64. The molecule has 8 heteroatoms. The Bertz CT molecular complexity index is 1150. The van der Waals surface area contributed by atoms with Crippen molar-refractivity contribution in [2.75, 3.05) is 11.6 Å². The minimum Gasteiger partial charge on any atom is -0.288 e. The average Bonchev–Trinajstić information content (AvgIpc) is 2.97. The van der Waals surface area contributed by atoms with Gasteiger partial charge in [0.15, 0.2) is 0 Å².